The molecule has 3 nitrogen and oxygen atoms in total. The van der Waals surface area contributed by atoms with Gasteiger partial charge in [0.05, 0.1) is 12.2 Å². The van der Waals surface area contributed by atoms with Crippen molar-refractivity contribution in [2.24, 2.45) is 23.7 Å². The van der Waals surface area contributed by atoms with Crippen LogP contribution >= 0.6 is 31.9 Å². The molecular weight excluding hydrogens is 506 g/mol. The number of carbonyl (C=O) groups is 1. The first-order valence-corrected chi connectivity index (χ1v) is 14.6. The van der Waals surface area contributed by atoms with Gasteiger partial charge in [-0.25, -0.2) is 0 Å². The number of ketones is 1. The number of unbranched alkanes of at least 4 members (excludes halogenated alkanes) is 7. The van der Waals surface area contributed by atoms with Crippen molar-refractivity contribution >= 4 is 37.6 Å². The van der Waals surface area contributed by atoms with Gasteiger partial charge in [-0.15, -0.1) is 0 Å². The fourth-order valence-corrected chi connectivity index (χ4v) is 6.72. The van der Waals surface area contributed by atoms with Gasteiger partial charge in [-0.3, -0.25) is 4.79 Å². The van der Waals surface area contributed by atoms with Crippen molar-refractivity contribution in [3.8, 4) is 6.07 Å². The van der Waals surface area contributed by atoms with Crippen molar-refractivity contribution in [1.82, 2.24) is 0 Å². The van der Waals surface area contributed by atoms with E-state index in [0.717, 1.165) is 49.2 Å². The molecule has 2 heterocycles. The highest BCUT2D eigenvalue weighted by molar-refractivity contribution is 9.09. The number of hydrogen-bond donors (Lipinski definition) is 0. The summed E-state index contributed by atoms with van der Waals surface area (Å²) in [5, 5.41) is 11.4. The Kier molecular flexibility index (Phi) is 13.2. The number of Topliss-reactive ketones (excluding diaryl/α,β-unsaturated/α-hetero) is 1. The third-order valence-electron chi connectivity index (χ3n) is 7.23. The minimum atomic E-state index is -0.193. The molecular formula is C25H41Br2NO2. The Balaban J connectivity index is 1.61. The molecule has 2 saturated heterocycles. The average molecular weight is 547 g/mol. The summed E-state index contributed by atoms with van der Waals surface area (Å²) in [7, 11) is 0. The molecule has 3 fully saturated rings. The highest BCUT2D eigenvalue weighted by Crippen LogP contribution is 2.46. The lowest BCUT2D eigenvalue weighted by Gasteiger charge is -2.50. The summed E-state index contributed by atoms with van der Waals surface area (Å²) in [5.74, 6) is 1.95. The van der Waals surface area contributed by atoms with Crippen LogP contribution in [0.5, 0.6) is 0 Å². The minimum Gasteiger partial charge on any atom is -0.367 e. The summed E-state index contributed by atoms with van der Waals surface area (Å²) in [6.07, 6.45) is 15.7. The molecule has 6 atom stereocenters. The molecule has 1 aliphatic carbocycles. The van der Waals surface area contributed by atoms with Gasteiger partial charge in [0.2, 0.25) is 0 Å². The Hall–Kier alpha value is 0.0800. The average Bonchev–Trinajstić information content (AvgIpc) is 2.79. The van der Waals surface area contributed by atoms with Gasteiger partial charge in [0, 0.05) is 23.0 Å². The molecule has 0 N–H and O–H groups in total. The second kappa shape index (κ2) is 15.0. The zero-order valence-electron chi connectivity index (χ0n) is 18.8. The fraction of sp³-hybridized carbons (Fsp3) is 0.920. The predicted molar refractivity (Wildman–Crippen MR) is 131 cm³/mol. The number of hydrogen-bond acceptors (Lipinski definition) is 3. The second-order valence-electron chi connectivity index (χ2n) is 9.51. The summed E-state index contributed by atoms with van der Waals surface area (Å²) in [6.45, 7) is 2.25. The molecule has 3 rings (SSSR count). The fourth-order valence-electron chi connectivity index (χ4n) is 5.29. The number of nitriles is 1. The third-order valence-corrected chi connectivity index (χ3v) is 8.89. The number of ether oxygens (including phenoxy) is 1. The van der Waals surface area contributed by atoms with E-state index in [9.17, 15) is 10.1 Å². The number of halogens is 2. The maximum atomic E-state index is 12.9. The van der Waals surface area contributed by atoms with Crippen molar-refractivity contribution in [2.45, 2.75) is 109 Å². The normalized spacial score (nSPS) is 28.9. The molecule has 3 aliphatic rings. The summed E-state index contributed by atoms with van der Waals surface area (Å²) >= 11 is 7.27. The molecule has 2 bridgehead atoms. The Morgan fingerprint density at radius 2 is 1.60 bits per heavy atom. The first kappa shape index (κ1) is 26.3. The first-order valence-electron chi connectivity index (χ1n) is 12.3. The highest BCUT2D eigenvalue weighted by Gasteiger charge is 2.49. The Morgan fingerprint density at radius 1 is 0.967 bits per heavy atom. The van der Waals surface area contributed by atoms with E-state index in [1.54, 1.807) is 0 Å². The Morgan fingerprint density at radius 3 is 2.20 bits per heavy atom. The van der Waals surface area contributed by atoms with Crippen LogP contribution in [0.3, 0.4) is 0 Å². The molecule has 0 radical (unpaired) electrons. The summed E-state index contributed by atoms with van der Waals surface area (Å²) in [4.78, 5) is 12.9. The lowest BCUT2D eigenvalue weighted by molar-refractivity contribution is -0.181. The van der Waals surface area contributed by atoms with Gasteiger partial charge in [-0.2, -0.15) is 5.26 Å². The molecule has 0 amide bonds. The number of fused-ring (bicyclic) bond motifs is 3. The molecule has 6 unspecified atom stereocenters. The number of nitrogens with zero attached hydrogens (tertiary/aromatic N) is 1. The SMILES string of the molecule is CCCCCCCCCC(C#N)CCCCC(=O)C1OC2CC(CBr)C1CC2CBr. The van der Waals surface area contributed by atoms with Gasteiger partial charge in [-0.05, 0) is 49.9 Å². The Bertz CT molecular complexity index is 536. The van der Waals surface area contributed by atoms with E-state index < -0.39 is 0 Å². The summed E-state index contributed by atoms with van der Waals surface area (Å²) in [6, 6.07) is 2.49. The maximum Gasteiger partial charge on any atom is 0.161 e. The van der Waals surface area contributed by atoms with Crippen LogP contribution in [0.2, 0.25) is 0 Å². The van der Waals surface area contributed by atoms with Crippen LogP contribution in [0.1, 0.15) is 96.8 Å². The third kappa shape index (κ3) is 8.21. The predicted octanol–water partition coefficient (Wildman–Crippen LogP) is 7.60. The van der Waals surface area contributed by atoms with E-state index in [-0.39, 0.29) is 18.1 Å². The molecule has 0 aromatic rings. The number of carbonyl (C=O) groups excluding carboxylic acids is 1. The van der Waals surface area contributed by atoms with Gasteiger partial charge in [0.1, 0.15) is 6.10 Å². The standard InChI is InChI=1S/C25H41Br2NO2/c1-2-3-4-5-6-7-8-11-19(18-28)12-9-10-13-23(29)25-22-14-21(17-27)24(30-25)15-20(22)16-26/h19-22,24-25H,2-17H2,1H3. The molecule has 0 aromatic carbocycles. The van der Waals surface area contributed by atoms with Gasteiger partial charge < -0.3 is 4.74 Å². The molecule has 172 valence electrons. The van der Waals surface area contributed by atoms with Crippen LogP contribution in [0, 0.1) is 35.0 Å². The van der Waals surface area contributed by atoms with Crippen molar-refractivity contribution in [3.63, 3.8) is 0 Å². The van der Waals surface area contributed by atoms with Gasteiger partial charge in [0.25, 0.3) is 0 Å². The van der Waals surface area contributed by atoms with Crippen molar-refractivity contribution in [1.29, 1.82) is 5.26 Å². The van der Waals surface area contributed by atoms with Crippen LogP contribution in [0.25, 0.3) is 0 Å². The van der Waals surface area contributed by atoms with Crippen molar-refractivity contribution < 1.29 is 9.53 Å². The zero-order chi connectivity index (χ0) is 21.8. The number of rotatable bonds is 16. The topological polar surface area (TPSA) is 50.1 Å². The lowest BCUT2D eigenvalue weighted by atomic mass is 9.67. The first-order chi connectivity index (χ1) is 14.6. The number of alkyl halides is 2. The van der Waals surface area contributed by atoms with Crippen molar-refractivity contribution in [3.05, 3.63) is 0 Å². The maximum absolute atomic E-state index is 12.9. The monoisotopic (exact) mass is 545 g/mol. The largest absolute Gasteiger partial charge is 0.367 e. The zero-order valence-corrected chi connectivity index (χ0v) is 22.0. The van der Waals surface area contributed by atoms with Crippen LogP contribution in [-0.4, -0.2) is 28.7 Å². The van der Waals surface area contributed by atoms with E-state index in [1.807, 2.05) is 0 Å². The molecule has 5 heteroatoms. The highest BCUT2D eigenvalue weighted by atomic mass is 79.9. The van der Waals surface area contributed by atoms with Gasteiger partial charge in [0.15, 0.2) is 5.78 Å². The summed E-state index contributed by atoms with van der Waals surface area (Å²) in [5.41, 5.74) is 0. The van der Waals surface area contributed by atoms with E-state index >= 15 is 0 Å². The van der Waals surface area contributed by atoms with E-state index in [0.29, 0.717) is 30.0 Å². The molecule has 0 spiro atoms. The molecule has 30 heavy (non-hydrogen) atoms. The molecule has 1 saturated carbocycles. The molecule has 0 aromatic heterocycles. The van der Waals surface area contributed by atoms with Crippen LogP contribution in [-0.2, 0) is 9.53 Å². The minimum absolute atomic E-state index is 0.162. The van der Waals surface area contributed by atoms with Gasteiger partial charge >= 0.3 is 0 Å². The lowest BCUT2D eigenvalue weighted by Crippen LogP contribution is -2.54. The quantitative estimate of drug-likeness (QED) is 0.148. The van der Waals surface area contributed by atoms with Crippen LogP contribution in [0.15, 0.2) is 0 Å². The van der Waals surface area contributed by atoms with E-state index in [4.69, 9.17) is 4.74 Å². The molecule has 2 aliphatic heterocycles. The van der Waals surface area contributed by atoms with E-state index in [2.05, 4.69) is 44.9 Å². The van der Waals surface area contributed by atoms with Gasteiger partial charge in [-0.1, -0.05) is 90.2 Å². The van der Waals surface area contributed by atoms with Crippen molar-refractivity contribution in [2.75, 3.05) is 10.7 Å². The smallest absolute Gasteiger partial charge is 0.161 e. The Labute approximate surface area is 201 Å². The summed E-state index contributed by atoms with van der Waals surface area (Å²) < 4.78 is 6.23. The van der Waals surface area contributed by atoms with Crippen LogP contribution in [0.4, 0.5) is 0 Å². The van der Waals surface area contributed by atoms with E-state index in [1.165, 1.54) is 44.9 Å². The second-order valence-corrected chi connectivity index (χ2v) is 10.8. The van der Waals surface area contributed by atoms with Crippen LogP contribution < -0.4 is 0 Å².